The molecule has 1 aromatic carbocycles. The zero-order valence-corrected chi connectivity index (χ0v) is 10.7. The highest BCUT2D eigenvalue weighted by Gasteiger charge is 2.16. The van der Waals surface area contributed by atoms with Crippen LogP contribution in [0.4, 0.5) is 11.4 Å². The fourth-order valence-electron chi connectivity index (χ4n) is 2.12. The molecule has 1 aromatic heterocycles. The van der Waals surface area contributed by atoms with E-state index < -0.39 is 4.92 Å². The predicted octanol–water partition coefficient (Wildman–Crippen LogP) is 1.23. The SMILES string of the molecule is CCc1c(N)c(=O)n(-c2cccc([N+](=O)[O-])c2)n1C. The number of nitro benzene ring substituents is 1. The van der Waals surface area contributed by atoms with Gasteiger partial charge in [0.1, 0.15) is 5.69 Å². The molecule has 2 N–H and O–H groups in total. The van der Waals surface area contributed by atoms with Crippen LogP contribution in [0.2, 0.25) is 0 Å². The van der Waals surface area contributed by atoms with Gasteiger partial charge in [-0.2, -0.15) is 0 Å². The fourth-order valence-corrected chi connectivity index (χ4v) is 2.12. The first-order valence-corrected chi connectivity index (χ1v) is 5.78. The number of anilines is 1. The Morgan fingerprint density at radius 1 is 1.42 bits per heavy atom. The lowest BCUT2D eigenvalue weighted by molar-refractivity contribution is -0.384. The average Bonchev–Trinajstić information content (AvgIpc) is 2.60. The molecule has 0 amide bonds. The molecule has 0 aliphatic carbocycles. The average molecular weight is 262 g/mol. The van der Waals surface area contributed by atoms with Crippen molar-refractivity contribution in [3.05, 3.63) is 50.4 Å². The minimum Gasteiger partial charge on any atom is -0.393 e. The second kappa shape index (κ2) is 4.60. The van der Waals surface area contributed by atoms with Gasteiger partial charge in [-0.3, -0.25) is 19.6 Å². The van der Waals surface area contributed by atoms with Crippen LogP contribution in [-0.4, -0.2) is 14.3 Å². The third kappa shape index (κ3) is 1.99. The van der Waals surface area contributed by atoms with Crippen molar-refractivity contribution in [2.24, 2.45) is 7.05 Å². The molecule has 1 heterocycles. The van der Waals surface area contributed by atoms with Crippen molar-refractivity contribution < 1.29 is 4.92 Å². The number of benzene rings is 1. The molecular formula is C12H14N4O3. The number of hydrogen-bond acceptors (Lipinski definition) is 4. The van der Waals surface area contributed by atoms with Gasteiger partial charge in [0.2, 0.25) is 0 Å². The van der Waals surface area contributed by atoms with Crippen molar-refractivity contribution in [3.63, 3.8) is 0 Å². The van der Waals surface area contributed by atoms with E-state index in [1.165, 1.54) is 22.9 Å². The van der Waals surface area contributed by atoms with Crippen LogP contribution < -0.4 is 11.3 Å². The van der Waals surface area contributed by atoms with E-state index in [-0.39, 0.29) is 16.9 Å². The van der Waals surface area contributed by atoms with Crippen molar-refractivity contribution in [1.82, 2.24) is 9.36 Å². The third-order valence-corrected chi connectivity index (χ3v) is 3.04. The van der Waals surface area contributed by atoms with E-state index >= 15 is 0 Å². The molecule has 0 unspecified atom stereocenters. The Morgan fingerprint density at radius 2 is 2.11 bits per heavy atom. The molecule has 0 aliphatic rings. The summed E-state index contributed by atoms with van der Waals surface area (Å²) in [4.78, 5) is 22.4. The molecule has 100 valence electrons. The Labute approximate surface area is 109 Å². The summed E-state index contributed by atoms with van der Waals surface area (Å²) in [6, 6.07) is 5.89. The van der Waals surface area contributed by atoms with Gasteiger partial charge in [0.15, 0.2) is 0 Å². The molecule has 0 saturated heterocycles. The van der Waals surface area contributed by atoms with Crippen LogP contribution in [0.25, 0.3) is 5.69 Å². The standard InChI is InChI=1S/C12H14N4O3/c1-3-10-11(13)12(17)15(14(10)2)8-5-4-6-9(7-8)16(18)19/h4-7H,3,13H2,1-2H3. The predicted molar refractivity (Wildman–Crippen MR) is 71.5 cm³/mol. The first-order valence-electron chi connectivity index (χ1n) is 5.78. The molecule has 0 radical (unpaired) electrons. The van der Waals surface area contributed by atoms with Crippen LogP contribution >= 0.6 is 0 Å². The van der Waals surface area contributed by atoms with Crippen LogP contribution in [0, 0.1) is 10.1 Å². The quantitative estimate of drug-likeness (QED) is 0.664. The highest BCUT2D eigenvalue weighted by molar-refractivity contribution is 5.48. The van der Waals surface area contributed by atoms with Crippen molar-refractivity contribution >= 4 is 11.4 Å². The highest BCUT2D eigenvalue weighted by Crippen LogP contribution is 2.18. The van der Waals surface area contributed by atoms with Gasteiger partial charge in [-0.05, 0) is 12.5 Å². The van der Waals surface area contributed by atoms with Crippen LogP contribution in [-0.2, 0) is 13.5 Å². The van der Waals surface area contributed by atoms with Crippen LogP contribution in [0.1, 0.15) is 12.6 Å². The van der Waals surface area contributed by atoms with Gasteiger partial charge in [-0.1, -0.05) is 13.0 Å². The summed E-state index contributed by atoms with van der Waals surface area (Å²) in [6.07, 6.45) is 0.611. The normalized spacial score (nSPS) is 10.6. The maximum absolute atomic E-state index is 12.1. The number of nitrogen functional groups attached to an aromatic ring is 1. The first-order chi connectivity index (χ1) is 8.97. The maximum atomic E-state index is 12.1. The molecule has 19 heavy (non-hydrogen) atoms. The van der Waals surface area contributed by atoms with E-state index in [1.54, 1.807) is 17.8 Å². The number of nitrogens with zero attached hydrogens (tertiary/aromatic N) is 3. The Kier molecular flexibility index (Phi) is 3.12. The minimum absolute atomic E-state index is 0.0674. The molecule has 0 spiro atoms. The van der Waals surface area contributed by atoms with E-state index in [2.05, 4.69) is 0 Å². The molecule has 0 aliphatic heterocycles. The van der Waals surface area contributed by atoms with Gasteiger partial charge >= 0.3 is 0 Å². The number of non-ortho nitro benzene ring substituents is 1. The number of nitro groups is 1. The van der Waals surface area contributed by atoms with Crippen molar-refractivity contribution in [2.75, 3.05) is 5.73 Å². The molecule has 0 saturated carbocycles. The lowest BCUT2D eigenvalue weighted by atomic mass is 10.3. The number of nitrogens with two attached hydrogens (primary N) is 1. The second-order valence-electron chi connectivity index (χ2n) is 4.13. The molecule has 0 fully saturated rings. The van der Waals surface area contributed by atoms with Crippen LogP contribution in [0.15, 0.2) is 29.1 Å². The Bertz CT molecular complexity index is 699. The molecule has 7 nitrogen and oxygen atoms in total. The molecule has 7 heteroatoms. The lowest BCUT2D eigenvalue weighted by Crippen LogP contribution is -2.20. The van der Waals surface area contributed by atoms with Crippen molar-refractivity contribution in [1.29, 1.82) is 0 Å². The van der Waals surface area contributed by atoms with Gasteiger partial charge in [0.25, 0.3) is 11.2 Å². The summed E-state index contributed by atoms with van der Waals surface area (Å²) >= 11 is 0. The monoisotopic (exact) mass is 262 g/mol. The largest absolute Gasteiger partial charge is 0.393 e. The number of aromatic nitrogens is 2. The first kappa shape index (κ1) is 12.9. The van der Waals surface area contributed by atoms with E-state index in [0.717, 1.165) is 0 Å². The van der Waals surface area contributed by atoms with Gasteiger partial charge in [-0.25, -0.2) is 4.68 Å². The van der Waals surface area contributed by atoms with Crippen LogP contribution in [0.3, 0.4) is 0 Å². The van der Waals surface area contributed by atoms with Gasteiger partial charge in [-0.15, -0.1) is 0 Å². The maximum Gasteiger partial charge on any atom is 0.294 e. The molecule has 0 atom stereocenters. The Hall–Kier alpha value is -2.57. The molecule has 2 rings (SSSR count). The molecular weight excluding hydrogens is 248 g/mol. The fraction of sp³-hybridized carbons (Fsp3) is 0.250. The van der Waals surface area contributed by atoms with Crippen molar-refractivity contribution in [2.45, 2.75) is 13.3 Å². The van der Waals surface area contributed by atoms with Crippen molar-refractivity contribution in [3.8, 4) is 5.69 Å². The summed E-state index contributed by atoms with van der Waals surface area (Å²) in [5.41, 5.74) is 6.64. The van der Waals surface area contributed by atoms with Gasteiger partial charge in [0.05, 0.1) is 16.3 Å². The van der Waals surface area contributed by atoms with E-state index in [4.69, 9.17) is 5.73 Å². The zero-order valence-electron chi connectivity index (χ0n) is 10.7. The van der Waals surface area contributed by atoms with E-state index in [9.17, 15) is 14.9 Å². The van der Waals surface area contributed by atoms with Crippen LogP contribution in [0.5, 0.6) is 0 Å². The van der Waals surface area contributed by atoms with Gasteiger partial charge in [0, 0.05) is 19.2 Å². The highest BCUT2D eigenvalue weighted by atomic mass is 16.6. The summed E-state index contributed by atoms with van der Waals surface area (Å²) in [6.45, 7) is 1.89. The number of rotatable bonds is 3. The third-order valence-electron chi connectivity index (χ3n) is 3.04. The molecule has 0 bridgehead atoms. The smallest absolute Gasteiger partial charge is 0.294 e. The molecule has 2 aromatic rings. The summed E-state index contributed by atoms with van der Waals surface area (Å²) in [5, 5.41) is 10.8. The summed E-state index contributed by atoms with van der Waals surface area (Å²) in [5.74, 6) is 0. The number of hydrogen-bond donors (Lipinski definition) is 1. The second-order valence-corrected chi connectivity index (χ2v) is 4.13. The van der Waals surface area contributed by atoms with Gasteiger partial charge < -0.3 is 5.73 Å². The Morgan fingerprint density at radius 3 is 2.63 bits per heavy atom. The summed E-state index contributed by atoms with van der Waals surface area (Å²) in [7, 11) is 1.70. The van der Waals surface area contributed by atoms with E-state index in [0.29, 0.717) is 17.8 Å². The Balaban J connectivity index is 2.69. The van der Waals surface area contributed by atoms with E-state index in [1.807, 2.05) is 6.92 Å². The topological polar surface area (TPSA) is 96.1 Å². The lowest BCUT2D eigenvalue weighted by Gasteiger charge is -2.08. The summed E-state index contributed by atoms with van der Waals surface area (Å²) < 4.78 is 2.96. The minimum atomic E-state index is -0.498. The zero-order chi connectivity index (χ0) is 14.2.